The maximum absolute atomic E-state index is 11.7. The SMILES string of the molecule is C=C(C)C(=O)Oc1ccc([S+](c2ccccc2)C2CC3CCC2C3)cc1. The van der Waals surface area contributed by atoms with E-state index >= 15 is 0 Å². The molecule has 0 N–H and O–H groups in total. The Bertz CT molecular complexity index is 797. The summed E-state index contributed by atoms with van der Waals surface area (Å²) in [7, 11) is 0.0861. The predicted molar refractivity (Wildman–Crippen MR) is 106 cm³/mol. The van der Waals surface area contributed by atoms with Crippen LogP contribution in [0.1, 0.15) is 32.6 Å². The van der Waals surface area contributed by atoms with Gasteiger partial charge in [0.05, 0.1) is 10.9 Å². The molecule has 0 saturated heterocycles. The molecule has 0 aliphatic heterocycles. The molecule has 0 radical (unpaired) electrons. The second kappa shape index (κ2) is 7.32. The first-order chi connectivity index (χ1) is 12.6. The summed E-state index contributed by atoms with van der Waals surface area (Å²) in [6.45, 7) is 5.30. The third-order valence-electron chi connectivity index (χ3n) is 5.61. The average Bonchev–Trinajstić information content (AvgIpc) is 3.28. The zero-order chi connectivity index (χ0) is 18.1. The molecule has 2 saturated carbocycles. The molecule has 0 amide bonds. The van der Waals surface area contributed by atoms with Crippen molar-refractivity contribution in [2.75, 3.05) is 0 Å². The maximum atomic E-state index is 11.7. The molecule has 134 valence electrons. The van der Waals surface area contributed by atoms with Gasteiger partial charge < -0.3 is 4.74 Å². The molecule has 4 atom stereocenters. The van der Waals surface area contributed by atoms with Gasteiger partial charge in [-0.2, -0.15) is 0 Å². The molecule has 2 aliphatic rings. The molecule has 4 rings (SSSR count). The summed E-state index contributed by atoms with van der Waals surface area (Å²) in [4.78, 5) is 14.5. The van der Waals surface area contributed by atoms with E-state index in [1.54, 1.807) is 6.92 Å². The van der Waals surface area contributed by atoms with Crippen LogP contribution in [0.2, 0.25) is 0 Å². The van der Waals surface area contributed by atoms with Gasteiger partial charge in [-0.15, -0.1) is 0 Å². The van der Waals surface area contributed by atoms with Gasteiger partial charge in [-0.25, -0.2) is 4.79 Å². The van der Waals surface area contributed by atoms with E-state index in [2.05, 4.69) is 49.0 Å². The van der Waals surface area contributed by atoms with E-state index in [0.717, 1.165) is 17.1 Å². The van der Waals surface area contributed by atoms with Crippen LogP contribution >= 0.6 is 0 Å². The standard InChI is InChI=1S/C23H25O2S/c1-16(2)23(24)25-19-10-12-21(13-11-19)26(20-6-4-3-5-7-20)22-15-17-8-9-18(22)14-17/h3-7,10-13,17-18,22H,1,8-9,14-15H2,2H3/q+1. The molecule has 4 unspecified atom stereocenters. The van der Waals surface area contributed by atoms with E-state index in [-0.39, 0.29) is 16.9 Å². The predicted octanol–water partition coefficient (Wildman–Crippen LogP) is 5.39. The lowest BCUT2D eigenvalue weighted by molar-refractivity contribution is -0.130. The van der Waals surface area contributed by atoms with Gasteiger partial charge in [-0.05, 0) is 74.9 Å². The average molecular weight is 366 g/mol. The number of rotatable bonds is 5. The van der Waals surface area contributed by atoms with Crippen molar-refractivity contribution in [1.82, 2.24) is 0 Å². The van der Waals surface area contributed by atoms with Gasteiger partial charge in [-0.3, -0.25) is 0 Å². The number of hydrogen-bond donors (Lipinski definition) is 0. The lowest BCUT2D eigenvalue weighted by Gasteiger charge is -2.22. The first-order valence-electron chi connectivity index (χ1n) is 9.37. The van der Waals surface area contributed by atoms with E-state index in [0.29, 0.717) is 11.3 Å². The van der Waals surface area contributed by atoms with E-state index < -0.39 is 0 Å². The van der Waals surface area contributed by atoms with Gasteiger partial charge in [-0.1, -0.05) is 24.8 Å². The Morgan fingerprint density at radius 1 is 1.00 bits per heavy atom. The summed E-state index contributed by atoms with van der Waals surface area (Å²) < 4.78 is 5.36. The number of carbonyl (C=O) groups is 1. The molecule has 2 aliphatic carbocycles. The summed E-state index contributed by atoms with van der Waals surface area (Å²) in [6, 6.07) is 19.0. The monoisotopic (exact) mass is 365 g/mol. The van der Waals surface area contributed by atoms with Crippen molar-refractivity contribution in [2.45, 2.75) is 47.6 Å². The molecule has 3 heteroatoms. The van der Waals surface area contributed by atoms with Gasteiger partial charge in [0, 0.05) is 11.5 Å². The van der Waals surface area contributed by atoms with Gasteiger partial charge >= 0.3 is 5.97 Å². The van der Waals surface area contributed by atoms with Crippen LogP contribution in [-0.2, 0) is 15.7 Å². The van der Waals surface area contributed by atoms with E-state index in [1.807, 2.05) is 12.1 Å². The normalized spacial score (nSPS) is 25.0. The van der Waals surface area contributed by atoms with Crippen LogP contribution in [0.15, 0.2) is 76.5 Å². The van der Waals surface area contributed by atoms with Crippen molar-refractivity contribution in [2.24, 2.45) is 11.8 Å². The van der Waals surface area contributed by atoms with Crippen LogP contribution < -0.4 is 4.74 Å². The highest BCUT2D eigenvalue weighted by molar-refractivity contribution is 7.97. The van der Waals surface area contributed by atoms with E-state index in [4.69, 9.17) is 4.74 Å². The first kappa shape index (κ1) is 17.4. The van der Waals surface area contributed by atoms with Crippen LogP contribution in [-0.4, -0.2) is 11.2 Å². The smallest absolute Gasteiger partial charge is 0.338 e. The molecular weight excluding hydrogens is 340 g/mol. The van der Waals surface area contributed by atoms with Crippen molar-refractivity contribution >= 4 is 16.9 Å². The topological polar surface area (TPSA) is 26.3 Å². The zero-order valence-electron chi connectivity index (χ0n) is 15.2. The molecule has 0 aromatic heterocycles. The fraction of sp³-hybridized carbons (Fsp3) is 0.348. The minimum atomic E-state index is -0.368. The summed E-state index contributed by atoms with van der Waals surface area (Å²) in [6.07, 6.45) is 5.58. The van der Waals surface area contributed by atoms with Gasteiger partial charge in [0.1, 0.15) is 11.0 Å². The second-order valence-electron chi connectivity index (χ2n) is 7.51. The van der Waals surface area contributed by atoms with Gasteiger partial charge in [0.25, 0.3) is 0 Å². The third kappa shape index (κ3) is 3.45. The molecule has 2 aromatic carbocycles. The number of esters is 1. The highest BCUT2D eigenvalue weighted by atomic mass is 32.2. The van der Waals surface area contributed by atoms with E-state index in [9.17, 15) is 4.79 Å². The van der Waals surface area contributed by atoms with Crippen LogP contribution in [0, 0.1) is 11.8 Å². The number of hydrogen-bond acceptors (Lipinski definition) is 2. The molecule has 2 nitrogen and oxygen atoms in total. The Balaban J connectivity index is 1.62. The lowest BCUT2D eigenvalue weighted by Crippen LogP contribution is -2.28. The van der Waals surface area contributed by atoms with Crippen molar-refractivity contribution < 1.29 is 9.53 Å². The van der Waals surface area contributed by atoms with Crippen LogP contribution in [0.25, 0.3) is 0 Å². The molecule has 0 heterocycles. The number of carbonyl (C=O) groups excluding carboxylic acids is 1. The fourth-order valence-corrected chi connectivity index (χ4v) is 7.32. The van der Waals surface area contributed by atoms with Gasteiger partial charge in [0.15, 0.2) is 9.79 Å². The molecule has 0 spiro atoms. The summed E-state index contributed by atoms with van der Waals surface area (Å²) in [5.41, 5.74) is 0.417. The van der Waals surface area contributed by atoms with Crippen molar-refractivity contribution in [3.05, 3.63) is 66.7 Å². The molecule has 2 fully saturated rings. The minimum Gasteiger partial charge on any atom is -0.423 e. The van der Waals surface area contributed by atoms with Crippen molar-refractivity contribution in [3.63, 3.8) is 0 Å². The largest absolute Gasteiger partial charge is 0.423 e. The Labute approximate surface area is 158 Å². The first-order valence-corrected chi connectivity index (χ1v) is 10.7. The zero-order valence-corrected chi connectivity index (χ0v) is 16.0. The van der Waals surface area contributed by atoms with Crippen LogP contribution in [0.3, 0.4) is 0 Å². The summed E-state index contributed by atoms with van der Waals surface area (Å²) in [5.74, 6) is 2.02. The summed E-state index contributed by atoms with van der Waals surface area (Å²) in [5, 5.41) is 0.750. The molecular formula is C23H25O2S+. The number of fused-ring (bicyclic) bond motifs is 2. The Morgan fingerprint density at radius 2 is 1.69 bits per heavy atom. The molecule has 2 bridgehead atoms. The number of ether oxygens (including phenoxy) is 1. The highest BCUT2D eigenvalue weighted by Gasteiger charge is 2.50. The van der Waals surface area contributed by atoms with E-state index in [1.165, 1.54) is 35.5 Å². The molecule has 26 heavy (non-hydrogen) atoms. The fourth-order valence-electron chi connectivity index (χ4n) is 4.38. The third-order valence-corrected chi connectivity index (χ3v) is 8.35. The molecule has 2 aromatic rings. The number of benzene rings is 2. The lowest BCUT2D eigenvalue weighted by atomic mass is 10.0. The highest BCUT2D eigenvalue weighted by Crippen LogP contribution is 2.50. The van der Waals surface area contributed by atoms with Gasteiger partial charge in [0.2, 0.25) is 0 Å². The minimum absolute atomic E-state index is 0.0861. The second-order valence-corrected chi connectivity index (χ2v) is 9.73. The Kier molecular flexibility index (Phi) is 4.90. The Morgan fingerprint density at radius 3 is 2.27 bits per heavy atom. The van der Waals surface area contributed by atoms with Crippen molar-refractivity contribution in [1.29, 1.82) is 0 Å². The quantitative estimate of drug-likeness (QED) is 0.307. The Hall–Kier alpha value is -2.00. The van der Waals surface area contributed by atoms with Crippen molar-refractivity contribution in [3.8, 4) is 5.75 Å². The maximum Gasteiger partial charge on any atom is 0.338 e. The summed E-state index contributed by atoms with van der Waals surface area (Å²) >= 11 is 0. The van der Waals surface area contributed by atoms with Crippen LogP contribution in [0.5, 0.6) is 5.75 Å². The van der Waals surface area contributed by atoms with Crippen LogP contribution in [0.4, 0.5) is 0 Å².